The van der Waals surface area contributed by atoms with Crippen LogP contribution in [0.2, 0.25) is 20.1 Å². The molecule has 3 aliphatic heterocycles. The van der Waals surface area contributed by atoms with E-state index in [2.05, 4.69) is 134 Å². The molecule has 762 valence electrons. The van der Waals surface area contributed by atoms with Crippen LogP contribution in [0.1, 0.15) is 67.7 Å². The van der Waals surface area contributed by atoms with Crippen LogP contribution in [-0.4, -0.2) is 208 Å². The Labute approximate surface area is 863 Å². The van der Waals surface area contributed by atoms with Crippen molar-refractivity contribution >= 4 is 210 Å². The van der Waals surface area contributed by atoms with Crippen LogP contribution in [0.4, 0.5) is 113 Å². The number of halogens is 6. The van der Waals surface area contributed by atoms with Crippen LogP contribution in [0.5, 0.6) is 28.7 Å². The van der Waals surface area contributed by atoms with Gasteiger partial charge in [0.1, 0.15) is 83.0 Å². The molecule has 0 atom stereocenters. The molecule has 32 nitrogen and oxygen atoms in total. The number of carbonyl (C=O) groups is 1. The Balaban J connectivity index is 0.000000154. The van der Waals surface area contributed by atoms with Crippen molar-refractivity contribution in [2.24, 2.45) is 5.73 Å². The van der Waals surface area contributed by atoms with E-state index in [1.165, 1.54) is 36.3 Å². The maximum absolute atomic E-state index is 14.3. The third kappa shape index (κ3) is 27.6. The molecule has 4 aromatic heterocycles. The predicted octanol–water partition coefficient (Wildman–Crippen LogP) is 22.0. The van der Waals surface area contributed by atoms with Crippen LogP contribution in [0.25, 0.3) is 6.08 Å². The Hall–Kier alpha value is -12.9. The summed E-state index contributed by atoms with van der Waals surface area (Å²) in [5.41, 5.74) is 14.7. The number of aromatic nitrogens is 8. The molecule has 0 radical (unpaired) electrons. The van der Waals surface area contributed by atoms with E-state index < -0.39 is 54.4 Å². The van der Waals surface area contributed by atoms with Crippen LogP contribution in [0.3, 0.4) is 0 Å². The number of methoxy groups -OCH3 is 5. The van der Waals surface area contributed by atoms with E-state index in [9.17, 15) is 35.7 Å². The monoisotopic (exact) mass is 2130 g/mol. The molecule has 7 heterocycles. The van der Waals surface area contributed by atoms with Gasteiger partial charge in [0.05, 0.1) is 121 Å². The molecule has 0 unspecified atom stereocenters. The third-order valence-electron chi connectivity index (χ3n) is 24.4. The summed E-state index contributed by atoms with van der Waals surface area (Å²) in [5.74, 6) is 4.00. The molecule has 42 heteroatoms. The number of piperidine rings is 1. The summed E-state index contributed by atoms with van der Waals surface area (Å²) >= 11 is 25.0. The molecular formula is C103H116Cl4F2N21O11P3S. The lowest BCUT2D eigenvalue weighted by Gasteiger charge is -2.38. The maximum Gasteiger partial charge on any atom is 0.253 e. The van der Waals surface area contributed by atoms with Crippen molar-refractivity contribution in [2.45, 2.75) is 75.9 Å². The second-order valence-corrected chi connectivity index (χ2v) is 49.4. The van der Waals surface area contributed by atoms with Gasteiger partial charge in [-0.25, -0.2) is 37.1 Å². The molecular weight excluding hydrogens is 2010 g/mol. The fourth-order valence-electron chi connectivity index (χ4n) is 16.4. The van der Waals surface area contributed by atoms with Gasteiger partial charge >= 0.3 is 0 Å². The fourth-order valence-corrected chi connectivity index (χ4v) is 22.8. The molecule has 0 spiro atoms. The number of nitrogens with one attached hydrogen (secondary N) is 8. The Kier molecular flexibility index (Phi) is 36.0. The van der Waals surface area contributed by atoms with Gasteiger partial charge in [-0.2, -0.15) is 19.9 Å². The SMILES string of the molecule is COc1cc(N2CCC(F)CC2)ccc1Nc1ncc(Cl)c(Nc2ccccc2P(C)(C)=O)n1.COc1cc(N2CCN(C(C)C)CC2)ccc1Nc1nc2c(c(Nc3cccc(F)c3C(N)=O)n1)C=CC2.COc1cc(P(C)(C)=O)ccc1Nc1ncc(Cl)c(Nc2ccc(Cl)cc2OC)n1.COc1cc(P2(=O)CCN(Cc3ccccc3)CC2)ccc1Nc1ncc(Cl)c(Nc2ccccc2S(=O)(=O)C(C)C)n1. The molecule has 3 saturated heterocycles. The summed E-state index contributed by atoms with van der Waals surface area (Å²) in [6.45, 7) is 22.3. The summed E-state index contributed by atoms with van der Waals surface area (Å²) in [5, 5.41) is 28.2. The Morgan fingerprint density at radius 2 is 0.945 bits per heavy atom. The van der Waals surface area contributed by atoms with Crippen LogP contribution < -0.4 is 97.7 Å². The van der Waals surface area contributed by atoms with E-state index in [4.69, 9.17) is 75.8 Å². The van der Waals surface area contributed by atoms with Gasteiger partial charge in [-0.15, -0.1) is 0 Å². The molecule has 17 rings (SSSR count). The van der Waals surface area contributed by atoms with E-state index in [0.717, 1.165) is 84.7 Å². The number of hydrogen-bond donors (Lipinski definition) is 9. The summed E-state index contributed by atoms with van der Waals surface area (Å²) in [7, 11) is -3.18. The number of piperazine rings is 1. The number of sulfone groups is 1. The molecule has 1 aliphatic carbocycles. The number of allylic oxidation sites excluding steroid dienone is 1. The summed E-state index contributed by atoms with van der Waals surface area (Å²) < 4.78 is 120. The van der Waals surface area contributed by atoms with Crippen molar-refractivity contribution in [1.82, 2.24) is 49.7 Å². The number of para-hydroxylation sites is 2. The highest BCUT2D eigenvalue weighted by Crippen LogP contribution is 2.49. The molecule has 9 aromatic carbocycles. The number of fused-ring (bicyclic) bond motifs is 1. The average molecular weight is 2130 g/mol. The highest BCUT2D eigenvalue weighted by molar-refractivity contribution is 7.92. The van der Waals surface area contributed by atoms with E-state index in [-0.39, 0.29) is 32.9 Å². The minimum Gasteiger partial charge on any atom is -0.495 e. The Bertz CT molecular complexity index is 7120. The minimum absolute atomic E-state index is 0.159. The summed E-state index contributed by atoms with van der Waals surface area (Å²) in [6.07, 6.45) is 10.5. The number of nitrogens with zero attached hydrogens (tertiary/aromatic N) is 12. The Morgan fingerprint density at radius 3 is 1.48 bits per heavy atom. The quantitative estimate of drug-likeness (QED) is 0.0177. The molecule has 0 bridgehead atoms. The van der Waals surface area contributed by atoms with Crippen LogP contribution in [-0.2, 0) is 36.5 Å². The van der Waals surface area contributed by atoms with E-state index in [1.807, 2.05) is 103 Å². The number of hydrogen-bond acceptors (Lipinski definition) is 31. The van der Waals surface area contributed by atoms with Crippen molar-refractivity contribution < 1.29 is 59.4 Å². The van der Waals surface area contributed by atoms with Crippen molar-refractivity contribution in [3.05, 3.63) is 261 Å². The first kappa shape index (κ1) is 108. The smallest absolute Gasteiger partial charge is 0.253 e. The van der Waals surface area contributed by atoms with Crippen LogP contribution >= 0.6 is 67.8 Å². The first-order chi connectivity index (χ1) is 69.4. The van der Waals surface area contributed by atoms with E-state index in [1.54, 1.807) is 143 Å². The maximum atomic E-state index is 14.3. The van der Waals surface area contributed by atoms with Crippen LogP contribution in [0, 0.1) is 5.82 Å². The lowest BCUT2D eigenvalue weighted by molar-refractivity contribution is 0.0997. The van der Waals surface area contributed by atoms with Gasteiger partial charge in [-0.05, 0) is 182 Å². The van der Waals surface area contributed by atoms with Crippen molar-refractivity contribution in [1.29, 1.82) is 0 Å². The lowest BCUT2D eigenvalue weighted by atomic mass is 10.1. The highest BCUT2D eigenvalue weighted by atomic mass is 35.5. The van der Waals surface area contributed by atoms with Gasteiger partial charge in [-0.3, -0.25) is 14.6 Å². The topological polar surface area (TPSA) is 387 Å². The first-order valence-corrected chi connectivity index (χ1v) is 56.9. The first-order valence-electron chi connectivity index (χ1n) is 46.6. The van der Waals surface area contributed by atoms with Gasteiger partial charge < -0.3 is 95.4 Å². The molecule has 145 heavy (non-hydrogen) atoms. The number of alkyl halides is 1. The number of primary amides is 1. The molecule has 10 N–H and O–H groups in total. The number of nitrogens with two attached hydrogens (primary N) is 1. The molecule has 4 aliphatic rings. The lowest BCUT2D eigenvalue weighted by Crippen LogP contribution is -2.48. The van der Waals surface area contributed by atoms with Gasteiger partial charge in [0.15, 0.2) is 27.3 Å². The zero-order valence-corrected chi connectivity index (χ0v) is 88.9. The standard InChI is InChI=1S/C31H35ClN5O4PS.C28H32FN7O2.C24H28ClFN5O2P.C20H21Cl2N4O3P/c1-22(2)43(39,40)29-12-8-7-11-27(29)34-30-25(32)20-33-31(36-30)35-26-14-13-24(19-28(26)41-3)42(38)17-15-37(16-18-42)21-23-9-5-4-6-10-23;1-17(2)35-12-14-36(15-13-35)18-10-11-22(24(16-18)38-3)33-28-32-21-8-4-6-19(21)27(34-28)31-23-9-5-7-20(29)25(23)26(30)37;1-33-21-14-17(31-12-10-16(26)11-13-31)8-9-19(21)29-24-27-15-18(25)23(30-24)28-20-6-4-5-7-22(20)34(2,3)32;1-28-17-9-12(21)5-7-15(17)24-19-14(22)11-23-20(26-19)25-16-8-6-13(30(3,4)27)10-18(16)29-2/h4-14,19-20,22H,15-18,21H2,1-3H3,(H2,33,34,35,36);4-7,9-11,16-17H,8,12-15H2,1-3H3,(H2,30,37)(H2,31,32,33,34);4-9,14-16H,10-13H2,1-3H3,(H2,27,28,29,30);5-11H,1-4H3,(H2,23,24,25,26). The minimum atomic E-state index is -3.55. The largest absolute Gasteiger partial charge is 0.495 e. The van der Waals surface area contributed by atoms with Crippen molar-refractivity contribution in [3.63, 3.8) is 0 Å². The highest BCUT2D eigenvalue weighted by Gasteiger charge is 2.34. The molecule has 3 fully saturated rings. The number of anilines is 18. The molecule has 0 saturated carbocycles. The summed E-state index contributed by atoms with van der Waals surface area (Å²) in [6, 6.07) is 57.0. The Morgan fingerprint density at radius 1 is 0.490 bits per heavy atom. The summed E-state index contributed by atoms with van der Waals surface area (Å²) in [4.78, 5) is 57.0. The number of benzene rings is 9. The number of ether oxygens (including phenoxy) is 5. The predicted molar refractivity (Wildman–Crippen MR) is 584 cm³/mol. The van der Waals surface area contributed by atoms with E-state index >= 15 is 0 Å². The van der Waals surface area contributed by atoms with E-state index in [0.29, 0.717) is 169 Å². The third-order valence-corrected chi connectivity index (χ3v) is 33.8. The van der Waals surface area contributed by atoms with Crippen molar-refractivity contribution in [2.75, 3.05) is 179 Å². The van der Waals surface area contributed by atoms with Gasteiger partial charge in [0.25, 0.3) is 5.91 Å². The fraction of sp³-hybridized carbons (Fsp3) is 0.291. The number of rotatable bonds is 32. The zero-order chi connectivity index (χ0) is 104. The molecule has 1 amide bonds. The van der Waals surface area contributed by atoms with Gasteiger partial charge in [0.2, 0.25) is 23.8 Å². The molecule has 13 aromatic rings. The zero-order valence-electron chi connectivity index (χ0n) is 82.4. The second kappa shape index (κ2) is 48.4. The average Bonchev–Trinajstić information content (AvgIpc) is 1.74. The van der Waals surface area contributed by atoms with Crippen LogP contribution in [0.15, 0.2) is 218 Å². The second-order valence-electron chi connectivity index (χ2n) is 35.6. The number of amides is 1. The number of carbonyl (C=O) groups excluding carboxylic acids is 1. The van der Waals surface area contributed by atoms with Gasteiger partial charge in [-0.1, -0.05) is 119 Å². The van der Waals surface area contributed by atoms with Gasteiger partial charge in [0, 0.05) is 140 Å². The normalized spacial score (nSPS) is 14.2. The van der Waals surface area contributed by atoms with Crippen molar-refractivity contribution in [3.8, 4) is 28.7 Å².